The molecule has 2 heterocycles. The van der Waals surface area contributed by atoms with Gasteiger partial charge in [0.2, 0.25) is 5.91 Å². The highest BCUT2D eigenvalue weighted by Crippen LogP contribution is 2.22. The van der Waals surface area contributed by atoms with Crippen LogP contribution in [0.1, 0.15) is 15.9 Å². The van der Waals surface area contributed by atoms with Crippen molar-refractivity contribution >= 4 is 28.5 Å². The number of ether oxygens (including phenoxy) is 1. The standard InChI is InChI=1S/C23H22FN3O4/c24-19-7-3-1-5-16(19)13-25-21(28)15-27-14-18(17-6-2-4-8-20(17)27)22(29)23(30)26-9-11-31-12-10-26/h1-8,14H,9-13,15H2,(H,25,28). The van der Waals surface area contributed by atoms with Gasteiger partial charge in [0.25, 0.3) is 11.7 Å². The van der Waals surface area contributed by atoms with E-state index < -0.39 is 11.7 Å². The van der Waals surface area contributed by atoms with Crippen LogP contribution in [0.15, 0.2) is 54.7 Å². The molecule has 31 heavy (non-hydrogen) atoms. The molecule has 1 N–H and O–H groups in total. The van der Waals surface area contributed by atoms with Gasteiger partial charge in [0.05, 0.1) is 18.8 Å². The van der Waals surface area contributed by atoms with E-state index in [2.05, 4.69) is 5.32 Å². The van der Waals surface area contributed by atoms with Crippen LogP contribution >= 0.6 is 0 Å². The van der Waals surface area contributed by atoms with Gasteiger partial charge in [-0.3, -0.25) is 14.4 Å². The van der Waals surface area contributed by atoms with Gasteiger partial charge in [-0.2, -0.15) is 0 Å². The summed E-state index contributed by atoms with van der Waals surface area (Å²) in [5.41, 5.74) is 1.32. The average Bonchev–Trinajstić information content (AvgIpc) is 3.16. The highest BCUT2D eigenvalue weighted by atomic mass is 19.1. The molecule has 1 aliphatic rings. The number of rotatable bonds is 6. The van der Waals surface area contributed by atoms with E-state index in [1.165, 1.54) is 17.2 Å². The van der Waals surface area contributed by atoms with E-state index in [-0.39, 0.29) is 30.4 Å². The third kappa shape index (κ3) is 4.49. The molecule has 0 unspecified atom stereocenters. The van der Waals surface area contributed by atoms with Crippen molar-refractivity contribution in [1.82, 2.24) is 14.8 Å². The summed E-state index contributed by atoms with van der Waals surface area (Å²) in [6.45, 7) is 1.56. The smallest absolute Gasteiger partial charge is 0.295 e. The van der Waals surface area contributed by atoms with Gasteiger partial charge in [0.15, 0.2) is 0 Å². The van der Waals surface area contributed by atoms with Gasteiger partial charge in [0.1, 0.15) is 12.4 Å². The van der Waals surface area contributed by atoms with Crippen molar-refractivity contribution in [2.24, 2.45) is 0 Å². The quantitative estimate of drug-likeness (QED) is 0.487. The van der Waals surface area contributed by atoms with E-state index in [1.54, 1.807) is 47.0 Å². The maximum atomic E-state index is 13.8. The van der Waals surface area contributed by atoms with E-state index in [4.69, 9.17) is 4.74 Å². The van der Waals surface area contributed by atoms with Crippen LogP contribution in [-0.4, -0.2) is 53.4 Å². The molecule has 2 aromatic carbocycles. The molecular formula is C23H22FN3O4. The number of aromatic nitrogens is 1. The maximum absolute atomic E-state index is 13.8. The summed E-state index contributed by atoms with van der Waals surface area (Å²) in [6, 6.07) is 13.4. The van der Waals surface area contributed by atoms with Crippen molar-refractivity contribution in [3.8, 4) is 0 Å². The van der Waals surface area contributed by atoms with Gasteiger partial charge in [-0.25, -0.2) is 4.39 Å². The molecule has 1 saturated heterocycles. The van der Waals surface area contributed by atoms with Gasteiger partial charge >= 0.3 is 0 Å². The van der Waals surface area contributed by atoms with Crippen molar-refractivity contribution in [3.05, 3.63) is 71.7 Å². The lowest BCUT2D eigenvalue weighted by Crippen LogP contribution is -2.44. The summed E-state index contributed by atoms with van der Waals surface area (Å²) in [7, 11) is 0. The highest BCUT2D eigenvalue weighted by Gasteiger charge is 2.27. The predicted molar refractivity (Wildman–Crippen MR) is 112 cm³/mol. The van der Waals surface area contributed by atoms with E-state index >= 15 is 0 Å². The van der Waals surface area contributed by atoms with E-state index in [9.17, 15) is 18.8 Å². The number of amides is 2. The second-order valence-electron chi connectivity index (χ2n) is 7.29. The Hall–Kier alpha value is -3.52. The molecule has 1 aliphatic heterocycles. The molecule has 0 saturated carbocycles. The second kappa shape index (κ2) is 9.09. The number of hydrogen-bond donors (Lipinski definition) is 1. The first-order chi connectivity index (χ1) is 15.0. The number of halogens is 1. The van der Waals surface area contributed by atoms with Crippen LogP contribution in [0.5, 0.6) is 0 Å². The largest absolute Gasteiger partial charge is 0.378 e. The Morgan fingerprint density at radius 2 is 1.71 bits per heavy atom. The number of Topliss-reactive ketones (excluding diaryl/α,β-unsaturated/α-hetero) is 1. The van der Waals surface area contributed by atoms with E-state index in [0.717, 1.165) is 0 Å². The van der Waals surface area contributed by atoms with E-state index in [0.29, 0.717) is 42.8 Å². The zero-order chi connectivity index (χ0) is 21.8. The highest BCUT2D eigenvalue weighted by molar-refractivity contribution is 6.44. The van der Waals surface area contributed by atoms with Gasteiger partial charge in [-0.1, -0.05) is 36.4 Å². The Balaban J connectivity index is 1.52. The fraction of sp³-hybridized carbons (Fsp3) is 0.261. The molecule has 1 aromatic heterocycles. The summed E-state index contributed by atoms with van der Waals surface area (Å²) in [5, 5.41) is 3.30. The molecule has 2 amide bonds. The van der Waals surface area contributed by atoms with Crippen molar-refractivity contribution in [2.45, 2.75) is 13.1 Å². The van der Waals surface area contributed by atoms with Gasteiger partial charge in [0, 0.05) is 42.3 Å². The zero-order valence-electron chi connectivity index (χ0n) is 16.8. The molecule has 0 bridgehead atoms. The number of ketones is 1. The number of carbonyl (C=O) groups excluding carboxylic acids is 3. The molecule has 0 atom stereocenters. The fourth-order valence-electron chi connectivity index (χ4n) is 3.63. The third-order valence-corrected chi connectivity index (χ3v) is 5.27. The minimum Gasteiger partial charge on any atom is -0.378 e. The van der Waals surface area contributed by atoms with Crippen LogP contribution in [0.25, 0.3) is 10.9 Å². The fourth-order valence-corrected chi connectivity index (χ4v) is 3.63. The van der Waals surface area contributed by atoms with E-state index in [1.807, 2.05) is 0 Å². The molecule has 7 nitrogen and oxygen atoms in total. The first kappa shape index (κ1) is 20.7. The lowest BCUT2D eigenvalue weighted by molar-refractivity contribution is -0.130. The summed E-state index contributed by atoms with van der Waals surface area (Å²) < 4.78 is 20.6. The first-order valence-corrected chi connectivity index (χ1v) is 10.0. The monoisotopic (exact) mass is 423 g/mol. The molecule has 0 radical (unpaired) electrons. The lowest BCUT2D eigenvalue weighted by atomic mass is 10.1. The van der Waals surface area contributed by atoms with Gasteiger partial charge in [-0.05, 0) is 12.1 Å². The van der Waals surface area contributed by atoms with Crippen molar-refractivity contribution < 1.29 is 23.5 Å². The second-order valence-corrected chi connectivity index (χ2v) is 7.29. The van der Waals surface area contributed by atoms with Gasteiger partial charge < -0.3 is 19.5 Å². The topological polar surface area (TPSA) is 80.6 Å². The van der Waals surface area contributed by atoms with Crippen LogP contribution in [0.2, 0.25) is 0 Å². The lowest BCUT2D eigenvalue weighted by Gasteiger charge is -2.25. The predicted octanol–water partition coefficient (Wildman–Crippen LogP) is 2.14. The molecule has 1 fully saturated rings. The third-order valence-electron chi connectivity index (χ3n) is 5.27. The van der Waals surface area contributed by atoms with Crippen molar-refractivity contribution in [1.29, 1.82) is 0 Å². The molecule has 3 aromatic rings. The van der Waals surface area contributed by atoms with Crippen LogP contribution in [0.4, 0.5) is 4.39 Å². The zero-order valence-corrected chi connectivity index (χ0v) is 16.8. The molecule has 0 spiro atoms. The number of para-hydroxylation sites is 1. The Morgan fingerprint density at radius 1 is 1.00 bits per heavy atom. The Labute approximate surface area is 178 Å². The molecule has 0 aliphatic carbocycles. The molecule has 8 heteroatoms. The molecule has 160 valence electrons. The van der Waals surface area contributed by atoms with Crippen molar-refractivity contribution in [2.75, 3.05) is 26.3 Å². The van der Waals surface area contributed by atoms with Gasteiger partial charge in [-0.15, -0.1) is 0 Å². The minimum atomic E-state index is -0.608. The SMILES string of the molecule is O=C(Cn1cc(C(=O)C(=O)N2CCOCC2)c2ccccc21)NCc1ccccc1F. The average molecular weight is 423 g/mol. The summed E-state index contributed by atoms with van der Waals surface area (Å²) >= 11 is 0. The maximum Gasteiger partial charge on any atom is 0.295 e. The number of hydrogen-bond acceptors (Lipinski definition) is 4. The Bertz CT molecular complexity index is 1130. The minimum absolute atomic E-state index is 0.0615. The number of morpholine rings is 1. The first-order valence-electron chi connectivity index (χ1n) is 10.0. The Morgan fingerprint density at radius 3 is 2.48 bits per heavy atom. The normalized spacial score (nSPS) is 13.9. The number of benzene rings is 2. The number of fused-ring (bicyclic) bond motifs is 1. The molecule has 4 rings (SSSR count). The summed E-state index contributed by atoms with van der Waals surface area (Å²) in [6.07, 6.45) is 1.54. The van der Waals surface area contributed by atoms with Crippen LogP contribution in [-0.2, 0) is 27.4 Å². The van der Waals surface area contributed by atoms with Crippen molar-refractivity contribution in [3.63, 3.8) is 0 Å². The summed E-state index contributed by atoms with van der Waals surface area (Å²) in [5.74, 6) is -1.90. The van der Waals surface area contributed by atoms with Crippen LogP contribution in [0, 0.1) is 5.82 Å². The number of nitrogens with one attached hydrogen (secondary N) is 1. The number of carbonyl (C=O) groups is 3. The Kier molecular flexibility index (Phi) is 6.08. The summed E-state index contributed by atoms with van der Waals surface area (Å²) in [4.78, 5) is 39.5. The number of nitrogens with zero attached hydrogens (tertiary/aromatic N) is 2. The van der Waals surface area contributed by atoms with Crippen LogP contribution < -0.4 is 5.32 Å². The molecular weight excluding hydrogens is 401 g/mol. The van der Waals surface area contributed by atoms with Crippen LogP contribution in [0.3, 0.4) is 0 Å².